The Labute approximate surface area is 66.8 Å². The fourth-order valence-corrected chi connectivity index (χ4v) is 1.71. The summed E-state index contributed by atoms with van der Waals surface area (Å²) in [6, 6.07) is -0.310. The van der Waals surface area contributed by atoms with Crippen LogP contribution in [0.2, 0.25) is 0 Å². The Kier molecular flexibility index (Phi) is 2.49. The minimum Gasteiger partial charge on any atom is -0.480 e. The van der Waals surface area contributed by atoms with E-state index in [1.807, 2.05) is 0 Å². The van der Waals surface area contributed by atoms with Crippen LogP contribution >= 0.6 is 0 Å². The summed E-state index contributed by atoms with van der Waals surface area (Å²) in [5, 5.41) is 11.8. The second kappa shape index (κ2) is 3.22. The lowest BCUT2D eigenvalue weighted by molar-refractivity contribution is -0.140. The van der Waals surface area contributed by atoms with Crippen molar-refractivity contribution in [2.75, 3.05) is 6.54 Å². The summed E-state index contributed by atoms with van der Waals surface area (Å²) in [7, 11) is 0. The van der Waals surface area contributed by atoms with Crippen LogP contribution in [0, 0.1) is 11.8 Å². The highest BCUT2D eigenvalue weighted by molar-refractivity contribution is 5.74. The Hall–Kier alpha value is -0.570. The predicted octanol–water partition coefficient (Wildman–Crippen LogP) is 0.705. The average molecular weight is 157 g/mol. The minimum absolute atomic E-state index is 0.310. The van der Waals surface area contributed by atoms with Crippen LogP contribution in [0.3, 0.4) is 0 Å². The largest absolute Gasteiger partial charge is 0.480 e. The Balaban J connectivity index is 2.58. The van der Waals surface area contributed by atoms with Crippen LogP contribution in [-0.2, 0) is 4.79 Å². The van der Waals surface area contributed by atoms with Crippen LogP contribution < -0.4 is 5.32 Å². The molecule has 0 saturated carbocycles. The molecule has 0 amide bonds. The van der Waals surface area contributed by atoms with Crippen molar-refractivity contribution in [2.24, 2.45) is 11.8 Å². The van der Waals surface area contributed by atoms with E-state index in [0.717, 1.165) is 13.0 Å². The van der Waals surface area contributed by atoms with Gasteiger partial charge in [0.1, 0.15) is 6.04 Å². The second-order valence-electron chi connectivity index (χ2n) is 3.47. The molecule has 1 aliphatic rings. The van der Waals surface area contributed by atoms with E-state index in [1.165, 1.54) is 0 Å². The Bertz CT molecular complexity index is 156. The highest BCUT2D eigenvalue weighted by Crippen LogP contribution is 2.23. The molecule has 1 heterocycles. The topological polar surface area (TPSA) is 49.3 Å². The molecule has 0 aromatic rings. The highest BCUT2D eigenvalue weighted by atomic mass is 16.4. The van der Waals surface area contributed by atoms with Gasteiger partial charge in [0.15, 0.2) is 0 Å². The van der Waals surface area contributed by atoms with Crippen LogP contribution in [0.5, 0.6) is 0 Å². The van der Waals surface area contributed by atoms with Crippen LogP contribution in [0.1, 0.15) is 20.3 Å². The average Bonchev–Trinajstić information content (AvgIpc) is 2.32. The smallest absolute Gasteiger partial charge is 0.320 e. The quantitative estimate of drug-likeness (QED) is 0.620. The molecule has 64 valence electrons. The Morgan fingerprint density at radius 1 is 1.64 bits per heavy atom. The lowest BCUT2D eigenvalue weighted by Crippen LogP contribution is -2.37. The van der Waals surface area contributed by atoms with Gasteiger partial charge in [-0.2, -0.15) is 0 Å². The van der Waals surface area contributed by atoms with Crippen LogP contribution in [0.15, 0.2) is 0 Å². The van der Waals surface area contributed by atoms with Gasteiger partial charge < -0.3 is 10.4 Å². The first-order chi connectivity index (χ1) is 5.13. The third-order valence-corrected chi connectivity index (χ3v) is 2.39. The summed E-state index contributed by atoms with van der Waals surface area (Å²) in [5.74, 6) is 0.0693. The molecular formula is C8H15NO2. The molecule has 1 saturated heterocycles. The van der Waals surface area contributed by atoms with Crippen molar-refractivity contribution < 1.29 is 9.90 Å². The molecule has 3 heteroatoms. The summed E-state index contributed by atoms with van der Waals surface area (Å²) in [6.07, 6.45) is 0.995. The van der Waals surface area contributed by atoms with E-state index < -0.39 is 5.97 Å². The third kappa shape index (κ3) is 1.71. The van der Waals surface area contributed by atoms with E-state index in [4.69, 9.17) is 5.11 Å². The Morgan fingerprint density at radius 2 is 2.27 bits per heavy atom. The number of carboxylic acid groups (broad SMARTS) is 1. The van der Waals surface area contributed by atoms with Crippen molar-refractivity contribution in [1.82, 2.24) is 5.32 Å². The van der Waals surface area contributed by atoms with Gasteiger partial charge in [-0.3, -0.25) is 4.79 Å². The second-order valence-corrected chi connectivity index (χ2v) is 3.47. The summed E-state index contributed by atoms with van der Waals surface area (Å²) in [6.45, 7) is 5.00. The molecule has 0 spiro atoms. The normalized spacial score (nSPS) is 31.2. The molecule has 1 rings (SSSR count). The molecule has 1 unspecified atom stereocenters. The van der Waals surface area contributed by atoms with E-state index in [0.29, 0.717) is 11.8 Å². The number of hydrogen-bond donors (Lipinski definition) is 2. The molecule has 11 heavy (non-hydrogen) atoms. The van der Waals surface area contributed by atoms with Crippen LogP contribution in [0.25, 0.3) is 0 Å². The molecule has 0 aromatic heterocycles. The maximum atomic E-state index is 10.7. The number of carboxylic acids is 1. The lowest BCUT2D eigenvalue weighted by atomic mass is 9.89. The molecule has 1 fully saturated rings. The van der Waals surface area contributed by atoms with Gasteiger partial charge in [-0.1, -0.05) is 13.8 Å². The van der Waals surface area contributed by atoms with Crippen molar-refractivity contribution in [3.8, 4) is 0 Å². The number of hydrogen-bond acceptors (Lipinski definition) is 2. The summed E-state index contributed by atoms with van der Waals surface area (Å²) in [5.41, 5.74) is 0. The fourth-order valence-electron chi connectivity index (χ4n) is 1.71. The fraction of sp³-hybridized carbons (Fsp3) is 0.875. The maximum Gasteiger partial charge on any atom is 0.320 e. The zero-order valence-corrected chi connectivity index (χ0v) is 7.00. The molecule has 2 atom stereocenters. The Morgan fingerprint density at radius 3 is 2.64 bits per heavy atom. The molecule has 0 aromatic carbocycles. The van der Waals surface area contributed by atoms with Crippen molar-refractivity contribution in [3.63, 3.8) is 0 Å². The lowest BCUT2D eigenvalue weighted by Gasteiger charge is -2.18. The van der Waals surface area contributed by atoms with Crippen molar-refractivity contribution >= 4 is 5.97 Å². The van der Waals surface area contributed by atoms with Gasteiger partial charge in [0.25, 0.3) is 0 Å². The van der Waals surface area contributed by atoms with Crippen molar-refractivity contribution in [1.29, 1.82) is 0 Å². The van der Waals surface area contributed by atoms with Crippen molar-refractivity contribution in [2.45, 2.75) is 26.3 Å². The monoisotopic (exact) mass is 157 g/mol. The first-order valence-corrected chi connectivity index (χ1v) is 4.09. The van der Waals surface area contributed by atoms with Gasteiger partial charge in [-0.05, 0) is 24.8 Å². The summed E-state index contributed by atoms with van der Waals surface area (Å²) < 4.78 is 0. The molecule has 0 aliphatic carbocycles. The number of rotatable bonds is 2. The van der Waals surface area contributed by atoms with Gasteiger partial charge in [-0.25, -0.2) is 0 Å². The third-order valence-electron chi connectivity index (χ3n) is 2.39. The van der Waals surface area contributed by atoms with Gasteiger partial charge >= 0.3 is 5.97 Å². The maximum absolute atomic E-state index is 10.7. The van der Waals surface area contributed by atoms with E-state index in [2.05, 4.69) is 19.2 Å². The molecule has 0 bridgehead atoms. The van der Waals surface area contributed by atoms with Gasteiger partial charge in [0.05, 0.1) is 0 Å². The first kappa shape index (κ1) is 8.53. The van der Waals surface area contributed by atoms with Crippen LogP contribution in [-0.4, -0.2) is 23.7 Å². The molecule has 1 aliphatic heterocycles. The predicted molar refractivity (Wildman–Crippen MR) is 42.4 cm³/mol. The SMILES string of the molecule is CC(C)C1CCN[C@@H]1C(=O)O. The number of nitrogens with one attached hydrogen (secondary N) is 1. The summed E-state index contributed by atoms with van der Waals surface area (Å²) >= 11 is 0. The van der Waals surface area contributed by atoms with E-state index in [-0.39, 0.29) is 6.04 Å². The van der Waals surface area contributed by atoms with E-state index >= 15 is 0 Å². The minimum atomic E-state index is -0.707. The molecular weight excluding hydrogens is 142 g/mol. The number of carbonyl (C=O) groups is 1. The van der Waals surface area contributed by atoms with Crippen molar-refractivity contribution in [3.05, 3.63) is 0 Å². The van der Waals surface area contributed by atoms with Gasteiger partial charge in [-0.15, -0.1) is 0 Å². The van der Waals surface area contributed by atoms with E-state index in [1.54, 1.807) is 0 Å². The molecule has 2 N–H and O–H groups in total. The zero-order valence-electron chi connectivity index (χ0n) is 7.00. The van der Waals surface area contributed by atoms with Gasteiger partial charge in [0.2, 0.25) is 0 Å². The molecule has 0 radical (unpaired) electrons. The standard InChI is InChI=1S/C8H15NO2/c1-5(2)6-3-4-9-7(6)8(10)11/h5-7,9H,3-4H2,1-2H3,(H,10,11)/t6?,7-/m0/s1. The highest BCUT2D eigenvalue weighted by Gasteiger charge is 2.33. The van der Waals surface area contributed by atoms with Gasteiger partial charge in [0, 0.05) is 0 Å². The zero-order chi connectivity index (χ0) is 8.43. The summed E-state index contributed by atoms with van der Waals surface area (Å²) in [4.78, 5) is 10.7. The first-order valence-electron chi connectivity index (χ1n) is 4.09. The van der Waals surface area contributed by atoms with Crippen LogP contribution in [0.4, 0.5) is 0 Å². The van der Waals surface area contributed by atoms with E-state index in [9.17, 15) is 4.79 Å². The number of aliphatic carboxylic acids is 1. The molecule has 3 nitrogen and oxygen atoms in total.